The van der Waals surface area contributed by atoms with Gasteiger partial charge in [0.25, 0.3) is 0 Å². The first-order valence-corrected chi connectivity index (χ1v) is 6.86. The molecule has 0 saturated heterocycles. The van der Waals surface area contributed by atoms with Gasteiger partial charge in [-0.15, -0.1) is 0 Å². The van der Waals surface area contributed by atoms with Crippen LogP contribution in [0.15, 0.2) is 0 Å². The van der Waals surface area contributed by atoms with Gasteiger partial charge in [0.15, 0.2) is 0 Å². The van der Waals surface area contributed by atoms with Crippen LogP contribution in [0.4, 0.5) is 0 Å². The zero-order chi connectivity index (χ0) is 13.7. The van der Waals surface area contributed by atoms with Gasteiger partial charge in [0.1, 0.15) is 0 Å². The molecule has 4 nitrogen and oxygen atoms in total. The maximum Gasteiger partial charge on any atom is 0.310 e. The molecule has 18 heavy (non-hydrogen) atoms. The average Bonchev–Trinajstić information content (AvgIpc) is 2.32. The maximum absolute atomic E-state index is 12.0. The van der Waals surface area contributed by atoms with E-state index in [1.807, 2.05) is 13.8 Å². The van der Waals surface area contributed by atoms with Crippen molar-refractivity contribution in [3.05, 3.63) is 0 Å². The number of carbonyl (C=O) groups excluding carboxylic acids is 2. The highest BCUT2D eigenvalue weighted by molar-refractivity contribution is 5.82. The van der Waals surface area contributed by atoms with Gasteiger partial charge in [-0.2, -0.15) is 0 Å². The fourth-order valence-electron chi connectivity index (χ4n) is 2.83. The van der Waals surface area contributed by atoms with Gasteiger partial charge in [-0.05, 0) is 38.5 Å². The quantitative estimate of drug-likeness (QED) is 0.725. The molecule has 0 bridgehead atoms. The van der Waals surface area contributed by atoms with Gasteiger partial charge >= 0.3 is 11.9 Å². The van der Waals surface area contributed by atoms with Crippen LogP contribution in [0, 0.1) is 23.7 Å². The Balaban J connectivity index is 2.89. The second-order valence-electron chi connectivity index (χ2n) is 5.09. The zero-order valence-corrected chi connectivity index (χ0v) is 11.8. The lowest BCUT2D eigenvalue weighted by Crippen LogP contribution is -2.43. The molecule has 1 saturated carbocycles. The third-order valence-electron chi connectivity index (χ3n) is 3.81. The molecule has 104 valence electrons. The standard InChI is InChI=1S/C14H24O4/c1-5-17-13(15)11-9(3)7-8-10(4)12(11)14(16)18-6-2/h9-12H,5-8H2,1-4H3. The average molecular weight is 256 g/mol. The van der Waals surface area contributed by atoms with Crippen molar-refractivity contribution in [3.63, 3.8) is 0 Å². The van der Waals surface area contributed by atoms with E-state index in [9.17, 15) is 9.59 Å². The minimum absolute atomic E-state index is 0.176. The van der Waals surface area contributed by atoms with Gasteiger partial charge in [0.05, 0.1) is 25.0 Å². The van der Waals surface area contributed by atoms with Gasteiger partial charge in [0.2, 0.25) is 0 Å². The summed E-state index contributed by atoms with van der Waals surface area (Å²) in [4.78, 5) is 24.1. The molecule has 4 unspecified atom stereocenters. The van der Waals surface area contributed by atoms with Crippen LogP contribution in [0.2, 0.25) is 0 Å². The number of hydrogen-bond donors (Lipinski definition) is 0. The lowest BCUT2D eigenvalue weighted by atomic mass is 9.67. The summed E-state index contributed by atoms with van der Waals surface area (Å²) >= 11 is 0. The Kier molecular flexibility index (Phi) is 5.63. The van der Waals surface area contributed by atoms with Crippen LogP contribution in [-0.2, 0) is 19.1 Å². The molecular formula is C14H24O4. The van der Waals surface area contributed by atoms with Gasteiger partial charge in [-0.25, -0.2) is 0 Å². The minimum atomic E-state index is -0.354. The third-order valence-corrected chi connectivity index (χ3v) is 3.81. The van der Waals surface area contributed by atoms with Gasteiger partial charge in [-0.3, -0.25) is 9.59 Å². The molecular weight excluding hydrogens is 232 g/mol. The Labute approximate surface area is 109 Å². The topological polar surface area (TPSA) is 52.6 Å². The number of hydrogen-bond acceptors (Lipinski definition) is 4. The molecule has 0 aromatic heterocycles. The fourth-order valence-corrected chi connectivity index (χ4v) is 2.83. The van der Waals surface area contributed by atoms with E-state index in [1.54, 1.807) is 13.8 Å². The van der Waals surface area contributed by atoms with Crippen molar-refractivity contribution in [2.75, 3.05) is 13.2 Å². The SMILES string of the molecule is CCOC(=O)C1C(C)CCC(C)C1C(=O)OCC. The Morgan fingerprint density at radius 2 is 1.22 bits per heavy atom. The second-order valence-corrected chi connectivity index (χ2v) is 5.09. The molecule has 4 atom stereocenters. The predicted molar refractivity (Wildman–Crippen MR) is 67.8 cm³/mol. The summed E-state index contributed by atoms with van der Waals surface area (Å²) in [5.41, 5.74) is 0. The van der Waals surface area contributed by atoms with Crippen LogP contribution in [0.5, 0.6) is 0 Å². The van der Waals surface area contributed by atoms with E-state index < -0.39 is 0 Å². The largest absolute Gasteiger partial charge is 0.466 e. The number of rotatable bonds is 4. The van der Waals surface area contributed by atoms with Crippen LogP contribution < -0.4 is 0 Å². The van der Waals surface area contributed by atoms with Crippen molar-refractivity contribution >= 4 is 11.9 Å². The highest BCUT2D eigenvalue weighted by Crippen LogP contribution is 2.40. The Morgan fingerprint density at radius 1 is 0.889 bits per heavy atom. The van der Waals surface area contributed by atoms with E-state index in [4.69, 9.17) is 9.47 Å². The highest BCUT2D eigenvalue weighted by atomic mass is 16.5. The summed E-state index contributed by atoms with van der Waals surface area (Å²) in [6, 6.07) is 0. The maximum atomic E-state index is 12.0. The predicted octanol–water partition coefficient (Wildman–Crippen LogP) is 2.41. The van der Waals surface area contributed by atoms with Crippen molar-refractivity contribution in [3.8, 4) is 0 Å². The van der Waals surface area contributed by atoms with Crippen molar-refractivity contribution in [1.82, 2.24) is 0 Å². The number of esters is 2. The molecule has 1 aliphatic rings. The van der Waals surface area contributed by atoms with E-state index in [0.717, 1.165) is 12.8 Å². The van der Waals surface area contributed by atoms with E-state index >= 15 is 0 Å². The number of ether oxygens (including phenoxy) is 2. The second kappa shape index (κ2) is 6.76. The zero-order valence-electron chi connectivity index (χ0n) is 11.8. The molecule has 1 fully saturated rings. The van der Waals surface area contributed by atoms with Crippen LogP contribution in [0.1, 0.15) is 40.5 Å². The summed E-state index contributed by atoms with van der Waals surface area (Å²) < 4.78 is 10.2. The van der Waals surface area contributed by atoms with Gasteiger partial charge < -0.3 is 9.47 Å². The smallest absolute Gasteiger partial charge is 0.310 e. The molecule has 1 aliphatic carbocycles. The molecule has 0 aliphatic heterocycles. The summed E-state index contributed by atoms with van der Waals surface area (Å²) in [5.74, 6) is -0.867. The monoisotopic (exact) mass is 256 g/mol. The molecule has 0 heterocycles. The summed E-state index contributed by atoms with van der Waals surface area (Å²) in [6.07, 6.45) is 1.92. The Morgan fingerprint density at radius 3 is 1.50 bits per heavy atom. The van der Waals surface area contributed by atoms with E-state index in [1.165, 1.54) is 0 Å². The molecule has 0 aromatic carbocycles. The number of carbonyl (C=O) groups is 2. The first-order chi connectivity index (χ1) is 8.52. The molecule has 0 radical (unpaired) electrons. The van der Waals surface area contributed by atoms with E-state index in [2.05, 4.69) is 0 Å². The normalized spacial score (nSPS) is 31.8. The van der Waals surface area contributed by atoms with Crippen LogP contribution in [0.25, 0.3) is 0 Å². The summed E-state index contributed by atoms with van der Waals surface area (Å²) in [7, 11) is 0. The molecule has 0 amide bonds. The third kappa shape index (κ3) is 3.24. The molecule has 4 heteroatoms. The fraction of sp³-hybridized carbons (Fsp3) is 0.857. The van der Waals surface area contributed by atoms with Crippen molar-refractivity contribution in [2.45, 2.75) is 40.5 Å². The molecule has 0 spiro atoms. The minimum Gasteiger partial charge on any atom is -0.466 e. The van der Waals surface area contributed by atoms with E-state index in [-0.39, 0.29) is 35.6 Å². The molecule has 1 rings (SSSR count). The first kappa shape index (κ1) is 15.0. The molecule has 0 aromatic rings. The van der Waals surface area contributed by atoms with Gasteiger partial charge in [0, 0.05) is 0 Å². The van der Waals surface area contributed by atoms with Crippen LogP contribution in [0.3, 0.4) is 0 Å². The molecule has 0 N–H and O–H groups in total. The van der Waals surface area contributed by atoms with Crippen LogP contribution in [-0.4, -0.2) is 25.2 Å². The highest BCUT2D eigenvalue weighted by Gasteiger charge is 2.45. The Bertz CT molecular complexity index is 270. The lowest BCUT2D eigenvalue weighted by molar-refractivity contribution is -0.167. The summed E-state index contributed by atoms with van der Waals surface area (Å²) in [5, 5.41) is 0. The first-order valence-electron chi connectivity index (χ1n) is 6.86. The summed E-state index contributed by atoms with van der Waals surface area (Å²) in [6.45, 7) is 8.31. The Hall–Kier alpha value is -1.06. The van der Waals surface area contributed by atoms with Crippen molar-refractivity contribution < 1.29 is 19.1 Å². The lowest BCUT2D eigenvalue weighted by Gasteiger charge is -2.37. The van der Waals surface area contributed by atoms with Gasteiger partial charge in [-0.1, -0.05) is 13.8 Å². The van der Waals surface area contributed by atoms with Crippen LogP contribution >= 0.6 is 0 Å². The van der Waals surface area contributed by atoms with Crippen molar-refractivity contribution in [2.24, 2.45) is 23.7 Å². The van der Waals surface area contributed by atoms with Crippen molar-refractivity contribution in [1.29, 1.82) is 0 Å². The van der Waals surface area contributed by atoms with E-state index in [0.29, 0.717) is 13.2 Å².